The number of aromatic nitrogens is 2. The molecule has 1 aromatic heterocycles. The van der Waals surface area contributed by atoms with Crippen molar-refractivity contribution in [2.75, 3.05) is 36.8 Å². The monoisotopic (exact) mass is 398 g/mol. The van der Waals surface area contributed by atoms with E-state index in [0.717, 1.165) is 66.8 Å². The van der Waals surface area contributed by atoms with Gasteiger partial charge in [-0.15, -0.1) is 0 Å². The van der Waals surface area contributed by atoms with Gasteiger partial charge in [0.1, 0.15) is 5.03 Å². The van der Waals surface area contributed by atoms with Crippen LogP contribution in [0.1, 0.15) is 45.4 Å². The van der Waals surface area contributed by atoms with Crippen LogP contribution in [0.5, 0.6) is 0 Å². The highest BCUT2D eigenvalue weighted by Crippen LogP contribution is 2.32. The molecule has 2 aromatic rings. The second kappa shape index (κ2) is 9.12. The minimum atomic E-state index is 0.236. The van der Waals surface area contributed by atoms with Crippen molar-refractivity contribution in [2.24, 2.45) is 5.92 Å². The van der Waals surface area contributed by atoms with Gasteiger partial charge in [0.25, 0.3) is 0 Å². The van der Waals surface area contributed by atoms with Crippen LogP contribution >= 0.6 is 11.8 Å². The third kappa shape index (κ3) is 4.59. The summed E-state index contributed by atoms with van der Waals surface area (Å²) in [5.74, 6) is 2.41. The van der Waals surface area contributed by atoms with Gasteiger partial charge in [0.15, 0.2) is 5.82 Å². The van der Waals surface area contributed by atoms with Gasteiger partial charge in [-0.05, 0) is 43.7 Å². The summed E-state index contributed by atoms with van der Waals surface area (Å²) in [7, 11) is 0. The zero-order chi connectivity index (χ0) is 19.3. The SMILES string of the molecule is CC1CCN(c2nc3ccccc3nc2SCC(=O)N2CCCCCC2)CC1. The minimum absolute atomic E-state index is 0.236. The summed E-state index contributed by atoms with van der Waals surface area (Å²) >= 11 is 1.56. The summed E-state index contributed by atoms with van der Waals surface area (Å²) in [6.07, 6.45) is 7.11. The smallest absolute Gasteiger partial charge is 0.232 e. The Morgan fingerprint density at radius 3 is 2.32 bits per heavy atom. The van der Waals surface area contributed by atoms with Crippen LogP contribution in [0.4, 0.5) is 5.82 Å². The van der Waals surface area contributed by atoms with Gasteiger partial charge >= 0.3 is 0 Å². The summed E-state index contributed by atoms with van der Waals surface area (Å²) in [5, 5.41) is 0.899. The van der Waals surface area contributed by atoms with Gasteiger partial charge < -0.3 is 9.80 Å². The van der Waals surface area contributed by atoms with Crippen molar-refractivity contribution >= 4 is 34.5 Å². The maximum atomic E-state index is 12.8. The van der Waals surface area contributed by atoms with Crippen LogP contribution in [0.15, 0.2) is 29.3 Å². The molecule has 3 heterocycles. The van der Waals surface area contributed by atoms with Crippen molar-refractivity contribution in [3.63, 3.8) is 0 Å². The zero-order valence-corrected chi connectivity index (χ0v) is 17.6. The van der Waals surface area contributed by atoms with Crippen LogP contribution in [0.2, 0.25) is 0 Å². The number of hydrogen-bond acceptors (Lipinski definition) is 5. The standard InChI is InChI=1S/C22H30N4OS/c1-17-10-14-26(15-11-17)21-22(24-19-9-5-4-8-18(19)23-21)28-16-20(27)25-12-6-2-3-7-13-25/h4-5,8-9,17H,2-3,6-7,10-16H2,1H3. The molecule has 0 N–H and O–H groups in total. The fourth-order valence-electron chi connectivity index (χ4n) is 4.04. The molecular formula is C22H30N4OS. The van der Waals surface area contributed by atoms with Gasteiger partial charge in [-0.1, -0.05) is 43.7 Å². The van der Waals surface area contributed by atoms with E-state index in [2.05, 4.69) is 11.8 Å². The summed E-state index contributed by atoms with van der Waals surface area (Å²) in [6.45, 7) is 6.15. The Bertz CT molecular complexity index is 811. The molecule has 1 aromatic carbocycles. The van der Waals surface area contributed by atoms with E-state index in [-0.39, 0.29) is 5.91 Å². The molecule has 150 valence electrons. The molecule has 2 fully saturated rings. The van der Waals surface area contributed by atoms with Crippen LogP contribution in [0, 0.1) is 5.92 Å². The van der Waals surface area contributed by atoms with Gasteiger partial charge in [0.05, 0.1) is 16.8 Å². The Hall–Kier alpha value is -1.82. The van der Waals surface area contributed by atoms with Gasteiger partial charge in [0, 0.05) is 26.2 Å². The Kier molecular flexibility index (Phi) is 6.35. The van der Waals surface area contributed by atoms with Gasteiger partial charge in [-0.25, -0.2) is 9.97 Å². The van der Waals surface area contributed by atoms with Gasteiger partial charge in [-0.3, -0.25) is 4.79 Å². The first-order valence-corrected chi connectivity index (χ1v) is 11.6. The molecule has 4 rings (SSSR count). The molecule has 0 saturated carbocycles. The first-order valence-electron chi connectivity index (χ1n) is 10.6. The van der Waals surface area contributed by atoms with Crippen LogP contribution in [-0.4, -0.2) is 52.7 Å². The van der Waals surface area contributed by atoms with E-state index in [0.29, 0.717) is 5.75 Å². The van der Waals surface area contributed by atoms with Crippen molar-refractivity contribution in [3.8, 4) is 0 Å². The number of thioether (sulfide) groups is 1. The molecule has 28 heavy (non-hydrogen) atoms. The molecule has 0 atom stereocenters. The Balaban J connectivity index is 1.54. The van der Waals surface area contributed by atoms with E-state index in [1.165, 1.54) is 25.7 Å². The topological polar surface area (TPSA) is 49.3 Å². The number of amides is 1. The van der Waals surface area contributed by atoms with Crippen LogP contribution in [0.25, 0.3) is 11.0 Å². The highest BCUT2D eigenvalue weighted by atomic mass is 32.2. The van der Waals surface area contributed by atoms with Crippen molar-refractivity contribution in [2.45, 2.75) is 50.5 Å². The number of para-hydroxylation sites is 2. The largest absolute Gasteiger partial charge is 0.354 e. The normalized spacial score (nSPS) is 19.0. The number of likely N-dealkylation sites (tertiary alicyclic amines) is 1. The second-order valence-electron chi connectivity index (χ2n) is 8.09. The Labute approximate surface area is 171 Å². The van der Waals surface area contributed by atoms with E-state index in [1.54, 1.807) is 11.8 Å². The van der Waals surface area contributed by atoms with Crippen LogP contribution < -0.4 is 4.90 Å². The lowest BCUT2D eigenvalue weighted by atomic mass is 9.99. The molecule has 0 aliphatic carbocycles. The first-order chi connectivity index (χ1) is 13.7. The van der Waals surface area contributed by atoms with Crippen molar-refractivity contribution < 1.29 is 4.79 Å². The third-order valence-corrected chi connectivity index (χ3v) is 6.83. The van der Waals surface area contributed by atoms with E-state index in [4.69, 9.17) is 9.97 Å². The molecule has 6 heteroatoms. The Morgan fingerprint density at radius 1 is 1.00 bits per heavy atom. The number of fused-ring (bicyclic) bond motifs is 1. The number of nitrogens with zero attached hydrogens (tertiary/aromatic N) is 4. The zero-order valence-electron chi connectivity index (χ0n) is 16.8. The second-order valence-corrected chi connectivity index (χ2v) is 9.06. The van der Waals surface area contributed by atoms with E-state index < -0.39 is 0 Å². The number of rotatable bonds is 4. The number of hydrogen-bond donors (Lipinski definition) is 0. The fraction of sp³-hybridized carbons (Fsp3) is 0.591. The van der Waals surface area contributed by atoms with Crippen molar-refractivity contribution in [1.82, 2.24) is 14.9 Å². The molecule has 2 saturated heterocycles. The van der Waals surface area contributed by atoms with Crippen molar-refractivity contribution in [1.29, 1.82) is 0 Å². The third-order valence-electron chi connectivity index (χ3n) is 5.90. The average Bonchev–Trinajstić information content (AvgIpc) is 3.01. The molecule has 2 aliphatic rings. The van der Waals surface area contributed by atoms with E-state index >= 15 is 0 Å². The average molecular weight is 399 g/mol. The molecule has 5 nitrogen and oxygen atoms in total. The lowest BCUT2D eigenvalue weighted by molar-refractivity contribution is -0.128. The summed E-state index contributed by atoms with van der Waals surface area (Å²) < 4.78 is 0. The lowest BCUT2D eigenvalue weighted by Crippen LogP contribution is -2.34. The summed E-state index contributed by atoms with van der Waals surface area (Å²) in [5.41, 5.74) is 1.83. The molecule has 0 radical (unpaired) electrons. The van der Waals surface area contributed by atoms with Crippen LogP contribution in [-0.2, 0) is 4.79 Å². The quantitative estimate of drug-likeness (QED) is 0.716. The van der Waals surface area contributed by atoms with Gasteiger partial charge in [0.2, 0.25) is 5.91 Å². The molecular weight excluding hydrogens is 368 g/mol. The first kappa shape index (κ1) is 19.5. The van der Waals surface area contributed by atoms with Gasteiger partial charge in [-0.2, -0.15) is 0 Å². The highest BCUT2D eigenvalue weighted by molar-refractivity contribution is 8.00. The minimum Gasteiger partial charge on any atom is -0.354 e. The lowest BCUT2D eigenvalue weighted by Gasteiger charge is -2.32. The summed E-state index contributed by atoms with van der Waals surface area (Å²) in [6, 6.07) is 8.03. The number of piperidine rings is 1. The fourth-order valence-corrected chi connectivity index (χ4v) is 4.95. The number of carbonyl (C=O) groups is 1. The summed E-state index contributed by atoms with van der Waals surface area (Å²) in [4.78, 5) is 27.0. The van der Waals surface area contributed by atoms with Crippen molar-refractivity contribution in [3.05, 3.63) is 24.3 Å². The molecule has 1 amide bonds. The molecule has 0 unspecified atom stereocenters. The van der Waals surface area contributed by atoms with Crippen LogP contribution in [0.3, 0.4) is 0 Å². The predicted octanol–water partition coefficient (Wildman–Crippen LogP) is 4.36. The molecule has 0 bridgehead atoms. The number of anilines is 1. The molecule has 0 spiro atoms. The predicted molar refractivity (Wildman–Crippen MR) is 116 cm³/mol. The maximum absolute atomic E-state index is 12.8. The highest BCUT2D eigenvalue weighted by Gasteiger charge is 2.23. The maximum Gasteiger partial charge on any atom is 0.232 e. The molecule has 2 aliphatic heterocycles. The van der Waals surface area contributed by atoms with E-state index in [1.807, 2.05) is 29.2 Å². The number of carbonyl (C=O) groups excluding carboxylic acids is 1. The Morgan fingerprint density at radius 2 is 1.64 bits per heavy atom. The van der Waals surface area contributed by atoms with E-state index in [9.17, 15) is 4.79 Å². The number of benzene rings is 1.